The first kappa shape index (κ1) is 21.4. The molecule has 1 amide bonds. The highest BCUT2D eigenvalue weighted by atomic mass is 19.1. The zero-order valence-corrected chi connectivity index (χ0v) is 18.6. The van der Waals surface area contributed by atoms with Gasteiger partial charge >= 0.3 is 0 Å². The molecule has 3 atom stereocenters. The molecule has 4 aromatic rings. The van der Waals surface area contributed by atoms with Crippen LogP contribution >= 0.6 is 0 Å². The molecule has 2 bridgehead atoms. The number of nitrogens with zero attached hydrogens (tertiary/aromatic N) is 4. The number of fused-ring (bicyclic) bond motifs is 9. The Kier molecular flexibility index (Phi) is 4.85. The summed E-state index contributed by atoms with van der Waals surface area (Å²) in [6, 6.07) is 11.2. The monoisotopic (exact) mass is 473 g/mol. The molecule has 2 N–H and O–H groups in total. The number of carbonyl (C=O) groups is 2. The van der Waals surface area contributed by atoms with Gasteiger partial charge in [0.15, 0.2) is 17.4 Å². The average molecular weight is 473 g/mol. The maximum absolute atomic E-state index is 15.2. The summed E-state index contributed by atoms with van der Waals surface area (Å²) in [6.07, 6.45) is 0.649. The predicted molar refractivity (Wildman–Crippen MR) is 121 cm³/mol. The number of amides is 1. The maximum atomic E-state index is 15.2. The third-order valence-corrected chi connectivity index (χ3v) is 6.41. The van der Waals surface area contributed by atoms with Crippen LogP contribution in [0.5, 0.6) is 5.75 Å². The van der Waals surface area contributed by atoms with Crippen LogP contribution in [0.25, 0.3) is 11.0 Å². The highest BCUT2D eigenvalue weighted by Gasteiger charge is 2.42. The van der Waals surface area contributed by atoms with Crippen LogP contribution in [0.1, 0.15) is 63.5 Å². The van der Waals surface area contributed by atoms with Gasteiger partial charge in [-0.15, -0.1) is 0 Å². The highest BCUT2D eigenvalue weighted by Crippen LogP contribution is 2.47. The number of rotatable bonds is 5. The Balaban J connectivity index is 1.42. The molecule has 2 aliphatic heterocycles. The Labute approximate surface area is 198 Å². The number of aliphatic hydroxyl groups excluding tert-OH is 1. The van der Waals surface area contributed by atoms with Crippen LogP contribution in [0.3, 0.4) is 0 Å². The van der Waals surface area contributed by atoms with Gasteiger partial charge in [0.1, 0.15) is 18.5 Å². The van der Waals surface area contributed by atoms with E-state index in [0.29, 0.717) is 23.2 Å². The van der Waals surface area contributed by atoms with E-state index in [0.717, 1.165) is 16.9 Å². The van der Waals surface area contributed by atoms with Crippen LogP contribution in [-0.4, -0.2) is 42.4 Å². The summed E-state index contributed by atoms with van der Waals surface area (Å²) in [6.45, 7) is 1.17. The Bertz CT molecular complexity index is 1520. The Morgan fingerprint density at radius 1 is 1.26 bits per heavy atom. The number of benzene rings is 2. The second kappa shape index (κ2) is 7.95. The van der Waals surface area contributed by atoms with Crippen molar-refractivity contribution in [1.82, 2.24) is 24.8 Å². The molecule has 0 radical (unpaired) electrons. The zero-order chi connectivity index (χ0) is 24.3. The molecule has 6 rings (SSSR count). The van der Waals surface area contributed by atoms with E-state index < -0.39 is 17.7 Å². The molecular formula is C25H20FN5O4. The fourth-order valence-electron chi connectivity index (χ4n) is 4.85. The molecule has 0 saturated carbocycles. The van der Waals surface area contributed by atoms with Crippen molar-refractivity contribution in [3.05, 3.63) is 82.9 Å². The Morgan fingerprint density at radius 2 is 2.09 bits per heavy atom. The lowest BCUT2D eigenvalue weighted by atomic mass is 9.97. The summed E-state index contributed by atoms with van der Waals surface area (Å²) >= 11 is 0. The second-order valence-electron chi connectivity index (χ2n) is 8.64. The summed E-state index contributed by atoms with van der Waals surface area (Å²) in [5.74, 6) is -1.02. The molecule has 0 fully saturated rings. The predicted octanol–water partition coefficient (Wildman–Crippen LogP) is 2.89. The lowest BCUT2D eigenvalue weighted by Crippen LogP contribution is -2.28. The number of nitrogens with one attached hydrogen (secondary N) is 1. The number of para-hydroxylation sites is 2. The van der Waals surface area contributed by atoms with Crippen molar-refractivity contribution < 1.29 is 23.8 Å². The van der Waals surface area contributed by atoms with Gasteiger partial charge in [-0.05, 0) is 43.7 Å². The fourth-order valence-corrected chi connectivity index (χ4v) is 4.85. The van der Waals surface area contributed by atoms with Crippen LogP contribution < -0.4 is 10.1 Å². The van der Waals surface area contributed by atoms with Gasteiger partial charge in [0, 0.05) is 17.3 Å². The summed E-state index contributed by atoms with van der Waals surface area (Å²) in [7, 11) is 0. The van der Waals surface area contributed by atoms with E-state index >= 15 is 4.39 Å². The van der Waals surface area contributed by atoms with Gasteiger partial charge in [0.05, 0.1) is 28.8 Å². The largest absolute Gasteiger partial charge is 0.484 e. The molecule has 0 spiro atoms. The number of halogens is 1. The van der Waals surface area contributed by atoms with Gasteiger partial charge < -0.3 is 19.7 Å². The smallest absolute Gasteiger partial charge is 0.252 e. The van der Waals surface area contributed by atoms with Crippen molar-refractivity contribution in [2.75, 3.05) is 0 Å². The zero-order valence-electron chi connectivity index (χ0n) is 18.6. The number of aliphatic hydroxyl groups is 1. The van der Waals surface area contributed by atoms with Crippen LogP contribution in [0.2, 0.25) is 0 Å². The third-order valence-electron chi connectivity index (χ3n) is 6.41. The molecular weight excluding hydrogens is 453 g/mol. The van der Waals surface area contributed by atoms with E-state index in [2.05, 4.69) is 15.3 Å². The fraction of sp³-hybridized carbons (Fsp3) is 0.240. The van der Waals surface area contributed by atoms with E-state index in [-0.39, 0.29) is 36.2 Å². The minimum absolute atomic E-state index is 0.0454. The van der Waals surface area contributed by atoms with E-state index in [9.17, 15) is 14.7 Å². The first-order valence-corrected chi connectivity index (χ1v) is 11.2. The third kappa shape index (κ3) is 3.36. The van der Waals surface area contributed by atoms with Gasteiger partial charge in [-0.3, -0.25) is 9.59 Å². The van der Waals surface area contributed by atoms with Crippen molar-refractivity contribution >= 4 is 22.7 Å². The standard InChI is InChI=1S/C25H20FN5O4/c1-12(32)21(33)23-27-9-8-13(28-23)11-35-22-15(26)7-6-14-20(22)19-10-17(30-25(14)34)24-29-16-4-2-3-5-18(16)31(19)24/h2-9,12,17,19,32H,10-11H2,1H3,(H,30,34)/t12?,17-,19-/m1/s1. The van der Waals surface area contributed by atoms with Crippen LogP contribution in [0, 0.1) is 5.82 Å². The summed E-state index contributed by atoms with van der Waals surface area (Å²) < 4.78 is 23.1. The maximum Gasteiger partial charge on any atom is 0.252 e. The van der Waals surface area contributed by atoms with Crippen molar-refractivity contribution in [1.29, 1.82) is 0 Å². The quantitative estimate of drug-likeness (QED) is 0.428. The summed E-state index contributed by atoms with van der Waals surface area (Å²) in [5.41, 5.74) is 2.80. The van der Waals surface area contributed by atoms with E-state index in [4.69, 9.17) is 9.72 Å². The average Bonchev–Trinajstić information content (AvgIpc) is 3.35. The number of imidazole rings is 1. The molecule has 2 aromatic carbocycles. The van der Waals surface area contributed by atoms with Gasteiger partial charge in [0.25, 0.3) is 5.91 Å². The number of hydrogen-bond donors (Lipinski definition) is 2. The molecule has 10 heteroatoms. The minimum Gasteiger partial charge on any atom is -0.484 e. The number of ether oxygens (including phenoxy) is 1. The normalized spacial score (nSPS) is 19.0. The van der Waals surface area contributed by atoms with Crippen LogP contribution in [-0.2, 0) is 6.61 Å². The number of ketones is 1. The molecule has 9 nitrogen and oxygen atoms in total. The first-order chi connectivity index (χ1) is 16.9. The van der Waals surface area contributed by atoms with E-state index in [1.54, 1.807) is 0 Å². The SMILES string of the molecule is CC(O)C(=O)c1nccc(COc2c(F)ccc3c2[C@H]2C[C@@H](NC3=O)c3nc4ccccc4n32)n1. The molecule has 176 valence electrons. The highest BCUT2D eigenvalue weighted by molar-refractivity contribution is 5.98. The topological polar surface area (TPSA) is 119 Å². The lowest BCUT2D eigenvalue weighted by molar-refractivity contribution is 0.0767. The first-order valence-electron chi connectivity index (χ1n) is 11.2. The van der Waals surface area contributed by atoms with Crippen molar-refractivity contribution in [3.8, 4) is 5.75 Å². The Morgan fingerprint density at radius 3 is 2.91 bits per heavy atom. The molecule has 0 saturated heterocycles. The summed E-state index contributed by atoms with van der Waals surface area (Å²) in [4.78, 5) is 37.8. The van der Waals surface area contributed by atoms with Crippen molar-refractivity contribution in [2.45, 2.75) is 38.1 Å². The van der Waals surface area contributed by atoms with Gasteiger partial charge in [0.2, 0.25) is 5.78 Å². The number of carbonyl (C=O) groups excluding carboxylic acids is 2. The molecule has 4 heterocycles. The van der Waals surface area contributed by atoms with Gasteiger partial charge in [-0.25, -0.2) is 19.3 Å². The van der Waals surface area contributed by atoms with E-state index in [1.807, 2.05) is 28.8 Å². The number of aromatic nitrogens is 4. The Hall–Kier alpha value is -4.18. The van der Waals surface area contributed by atoms with E-state index in [1.165, 1.54) is 31.3 Å². The molecule has 2 aromatic heterocycles. The molecule has 0 aliphatic carbocycles. The second-order valence-corrected chi connectivity index (χ2v) is 8.64. The lowest BCUT2D eigenvalue weighted by Gasteiger charge is -2.22. The molecule has 2 aliphatic rings. The van der Waals surface area contributed by atoms with Crippen LogP contribution in [0.15, 0.2) is 48.7 Å². The summed E-state index contributed by atoms with van der Waals surface area (Å²) in [5, 5.41) is 12.5. The van der Waals surface area contributed by atoms with Crippen LogP contribution in [0.4, 0.5) is 4.39 Å². The molecule has 35 heavy (non-hydrogen) atoms. The van der Waals surface area contributed by atoms with Gasteiger partial charge in [-0.1, -0.05) is 12.1 Å². The minimum atomic E-state index is -1.25. The molecule has 1 unspecified atom stereocenters. The number of hydrogen-bond acceptors (Lipinski definition) is 7. The van der Waals surface area contributed by atoms with Crippen molar-refractivity contribution in [2.24, 2.45) is 0 Å². The number of Topliss-reactive ketones (excluding diaryl/α,β-unsaturated/α-hetero) is 1. The van der Waals surface area contributed by atoms with Crippen molar-refractivity contribution in [3.63, 3.8) is 0 Å². The van der Waals surface area contributed by atoms with Gasteiger partial charge in [-0.2, -0.15) is 0 Å².